The predicted octanol–water partition coefficient (Wildman–Crippen LogP) is -0.766. The zero-order valence-corrected chi connectivity index (χ0v) is 9.10. The zero-order chi connectivity index (χ0) is 11.9. The Morgan fingerprint density at radius 3 is 1.80 bits per heavy atom. The molecule has 1 fully saturated rings. The van der Waals surface area contributed by atoms with Crippen LogP contribution in [0.1, 0.15) is 12.8 Å². The second-order valence-corrected chi connectivity index (χ2v) is 4.08. The van der Waals surface area contributed by atoms with E-state index < -0.39 is 11.9 Å². The molecular formula is C10H17NO4. The first-order valence-electron chi connectivity index (χ1n) is 4.77. The summed E-state index contributed by atoms with van der Waals surface area (Å²) in [6, 6.07) is 0. The molecule has 1 heterocycles. The minimum atomic E-state index is -1.51. The van der Waals surface area contributed by atoms with Gasteiger partial charge in [0, 0.05) is 18.9 Å². The maximum atomic E-state index is 9.53. The molecule has 1 rings (SSSR count). The fourth-order valence-electron chi connectivity index (χ4n) is 1.33. The molecule has 86 valence electrons. The molecule has 1 aliphatic heterocycles. The topological polar surface area (TPSA) is 77.4 Å². The molecule has 0 radical (unpaired) electrons. The largest absolute Gasteiger partial charge is 0.545 e. The number of nitrogens with zero attached hydrogens (tertiary/aromatic N) is 1. The Hall–Kier alpha value is -1.36. The van der Waals surface area contributed by atoms with E-state index in [1.165, 1.54) is 30.4 Å². The minimum absolute atomic E-state index is 0.447. The molecule has 0 saturated carbocycles. The van der Waals surface area contributed by atoms with E-state index in [9.17, 15) is 14.7 Å². The number of hydrogen-bond acceptors (Lipinski definition) is 3. The first-order valence-corrected chi connectivity index (χ1v) is 4.77. The third kappa shape index (κ3) is 8.96. The summed E-state index contributed by atoms with van der Waals surface area (Å²) >= 11 is 0. The van der Waals surface area contributed by atoms with E-state index in [0.717, 1.165) is 0 Å². The number of carboxylic acid groups (broad SMARTS) is 2. The highest BCUT2D eigenvalue weighted by atomic mass is 16.4. The maximum Gasteiger partial charge on any atom is 0.328 e. The summed E-state index contributed by atoms with van der Waals surface area (Å²) in [5.74, 6) is -2.80. The Kier molecular flexibility index (Phi) is 5.62. The van der Waals surface area contributed by atoms with Crippen molar-refractivity contribution in [2.75, 3.05) is 27.2 Å². The zero-order valence-electron chi connectivity index (χ0n) is 9.10. The fraction of sp³-hybridized carbons (Fsp3) is 0.600. The molecule has 1 N–H and O–H groups in total. The molecule has 0 amide bonds. The van der Waals surface area contributed by atoms with E-state index >= 15 is 0 Å². The number of carbonyl (C=O) groups is 2. The summed E-state index contributed by atoms with van der Waals surface area (Å²) < 4.78 is 1.25. The lowest BCUT2D eigenvalue weighted by Crippen LogP contribution is -2.35. The Balaban J connectivity index is 0.000000262. The highest BCUT2D eigenvalue weighted by Crippen LogP contribution is 2.11. The van der Waals surface area contributed by atoms with Crippen molar-refractivity contribution >= 4 is 11.9 Å². The number of quaternary nitrogens is 1. The summed E-state index contributed by atoms with van der Waals surface area (Å²) in [6.07, 6.45) is 3.82. The average Bonchev–Trinajstić information content (AvgIpc) is 2.48. The molecule has 5 heteroatoms. The minimum Gasteiger partial charge on any atom is -0.545 e. The van der Waals surface area contributed by atoms with E-state index in [4.69, 9.17) is 5.11 Å². The molecule has 0 aliphatic carbocycles. The molecule has 0 aromatic rings. The monoisotopic (exact) mass is 215 g/mol. The Morgan fingerprint density at radius 2 is 1.67 bits per heavy atom. The number of carbonyl (C=O) groups excluding carboxylic acids is 1. The highest BCUT2D eigenvalue weighted by Gasteiger charge is 2.19. The van der Waals surface area contributed by atoms with Crippen molar-refractivity contribution in [1.29, 1.82) is 0 Å². The van der Waals surface area contributed by atoms with Crippen molar-refractivity contribution in [3.05, 3.63) is 12.2 Å². The Labute approximate surface area is 89.2 Å². The van der Waals surface area contributed by atoms with Gasteiger partial charge < -0.3 is 19.5 Å². The highest BCUT2D eigenvalue weighted by molar-refractivity contribution is 5.88. The summed E-state index contributed by atoms with van der Waals surface area (Å²) in [5.41, 5.74) is 0. The lowest BCUT2D eigenvalue weighted by Gasteiger charge is -2.21. The summed E-state index contributed by atoms with van der Waals surface area (Å²) in [5, 5.41) is 17.2. The van der Waals surface area contributed by atoms with Gasteiger partial charge in [0.25, 0.3) is 0 Å². The van der Waals surface area contributed by atoms with E-state index in [1.807, 2.05) is 0 Å². The maximum absolute atomic E-state index is 9.53. The van der Waals surface area contributed by atoms with Gasteiger partial charge in [0.1, 0.15) is 0 Å². The average molecular weight is 215 g/mol. The van der Waals surface area contributed by atoms with Gasteiger partial charge >= 0.3 is 5.97 Å². The van der Waals surface area contributed by atoms with Gasteiger partial charge in [-0.15, -0.1) is 0 Å². The van der Waals surface area contributed by atoms with Crippen molar-refractivity contribution in [3.63, 3.8) is 0 Å². The van der Waals surface area contributed by atoms with Crippen LogP contribution in [0.15, 0.2) is 12.2 Å². The van der Waals surface area contributed by atoms with E-state index in [2.05, 4.69) is 14.1 Å². The molecule has 1 saturated heterocycles. The second kappa shape index (κ2) is 6.19. The molecule has 0 unspecified atom stereocenters. The first kappa shape index (κ1) is 13.6. The van der Waals surface area contributed by atoms with Crippen molar-refractivity contribution < 1.29 is 24.3 Å². The van der Waals surface area contributed by atoms with Gasteiger partial charge in [0.15, 0.2) is 0 Å². The number of carboxylic acids is 2. The first-order chi connectivity index (χ1) is 6.83. The fourth-order valence-corrected chi connectivity index (χ4v) is 1.33. The number of likely N-dealkylation sites (tertiary alicyclic amines) is 1. The lowest BCUT2D eigenvalue weighted by atomic mass is 10.4. The Bertz CT molecular complexity index is 234. The van der Waals surface area contributed by atoms with Crippen LogP contribution >= 0.6 is 0 Å². The molecular weight excluding hydrogens is 198 g/mol. The molecule has 1 aliphatic rings. The van der Waals surface area contributed by atoms with Crippen LogP contribution < -0.4 is 5.11 Å². The van der Waals surface area contributed by atoms with E-state index in [1.54, 1.807) is 0 Å². The van der Waals surface area contributed by atoms with Crippen LogP contribution in [0.3, 0.4) is 0 Å². The van der Waals surface area contributed by atoms with Crippen molar-refractivity contribution in [1.82, 2.24) is 0 Å². The molecule has 0 aromatic carbocycles. The van der Waals surface area contributed by atoms with Crippen LogP contribution in [-0.2, 0) is 9.59 Å². The van der Waals surface area contributed by atoms with Crippen molar-refractivity contribution in [2.45, 2.75) is 12.8 Å². The third-order valence-electron chi connectivity index (χ3n) is 2.14. The summed E-state index contributed by atoms with van der Waals surface area (Å²) in [7, 11) is 4.60. The normalized spacial score (nSPS) is 18.3. The molecule has 0 bridgehead atoms. The Morgan fingerprint density at radius 1 is 1.20 bits per heavy atom. The third-order valence-corrected chi connectivity index (χ3v) is 2.14. The van der Waals surface area contributed by atoms with E-state index in [0.29, 0.717) is 12.2 Å². The van der Waals surface area contributed by atoms with Crippen LogP contribution in [0, 0.1) is 0 Å². The predicted molar refractivity (Wildman–Crippen MR) is 52.9 cm³/mol. The van der Waals surface area contributed by atoms with Gasteiger partial charge in [0.2, 0.25) is 0 Å². The van der Waals surface area contributed by atoms with Gasteiger partial charge in [-0.3, -0.25) is 0 Å². The quantitative estimate of drug-likeness (QED) is 0.485. The van der Waals surface area contributed by atoms with Gasteiger partial charge in [-0.2, -0.15) is 0 Å². The van der Waals surface area contributed by atoms with Gasteiger partial charge in [-0.1, -0.05) is 0 Å². The standard InChI is InChI=1S/C6H14N.C4H4O4/c1-7(2)5-3-4-6-7;5-3(6)1-2-4(7)8/h3-6H2,1-2H3;1-2H,(H,5,6)(H,7,8)/q+1;/p-1. The van der Waals surface area contributed by atoms with Gasteiger partial charge in [-0.25, -0.2) is 4.79 Å². The van der Waals surface area contributed by atoms with Crippen LogP contribution in [0.5, 0.6) is 0 Å². The van der Waals surface area contributed by atoms with Crippen LogP contribution in [0.4, 0.5) is 0 Å². The van der Waals surface area contributed by atoms with Crippen LogP contribution in [-0.4, -0.2) is 48.7 Å². The molecule has 0 aromatic heterocycles. The molecule has 0 atom stereocenters. The van der Waals surface area contributed by atoms with Crippen molar-refractivity contribution in [3.8, 4) is 0 Å². The molecule has 15 heavy (non-hydrogen) atoms. The number of aliphatic carboxylic acids is 2. The van der Waals surface area contributed by atoms with Crippen LogP contribution in [0.25, 0.3) is 0 Å². The van der Waals surface area contributed by atoms with Crippen molar-refractivity contribution in [2.24, 2.45) is 0 Å². The molecule has 5 nitrogen and oxygen atoms in total. The number of rotatable bonds is 2. The SMILES string of the molecule is C[N+]1(C)CCCC1.O=C([O-])C=CC(=O)O. The smallest absolute Gasteiger partial charge is 0.328 e. The summed E-state index contributed by atoms with van der Waals surface area (Å²) in [4.78, 5) is 19.0. The van der Waals surface area contributed by atoms with E-state index in [-0.39, 0.29) is 0 Å². The van der Waals surface area contributed by atoms with Gasteiger partial charge in [-0.05, 0) is 6.08 Å². The molecule has 0 spiro atoms. The lowest BCUT2D eigenvalue weighted by molar-refractivity contribution is -0.877. The number of hydrogen-bond donors (Lipinski definition) is 1. The second-order valence-electron chi connectivity index (χ2n) is 4.08. The van der Waals surface area contributed by atoms with Gasteiger partial charge in [0.05, 0.1) is 33.2 Å². The summed E-state index contributed by atoms with van der Waals surface area (Å²) in [6.45, 7) is 2.78. The van der Waals surface area contributed by atoms with Crippen LogP contribution in [0.2, 0.25) is 0 Å².